The van der Waals surface area contributed by atoms with E-state index in [1.807, 2.05) is 0 Å². The molecule has 0 saturated heterocycles. The van der Waals surface area contributed by atoms with Crippen LogP contribution in [-0.2, 0) is 13.8 Å². The first kappa shape index (κ1) is 25.8. The van der Waals surface area contributed by atoms with E-state index in [-0.39, 0.29) is 14.9 Å². The average Bonchev–Trinajstić information content (AvgIpc) is 2.64. The summed E-state index contributed by atoms with van der Waals surface area (Å²) in [5, 5.41) is 2.88. The van der Waals surface area contributed by atoms with Crippen LogP contribution in [0.25, 0.3) is 0 Å². The molecule has 1 amide bonds. The lowest BCUT2D eigenvalue weighted by molar-refractivity contribution is -0.121. The van der Waals surface area contributed by atoms with Gasteiger partial charge in [0, 0.05) is 19.5 Å². The Bertz CT molecular complexity index is 294. The Hall–Kier alpha value is -0.220. The zero-order chi connectivity index (χ0) is 19.1. The topological polar surface area (TPSA) is 73.6 Å². The summed E-state index contributed by atoms with van der Waals surface area (Å²) in [4.78, 5) is 11.7. The van der Waals surface area contributed by atoms with E-state index in [4.69, 9.17) is 14.8 Å². The second kappa shape index (κ2) is 22.8. The predicted octanol–water partition coefficient (Wildman–Crippen LogP) is 5.08. The third kappa shape index (κ3) is 21.8. The molecule has 156 valence electrons. The second-order valence-corrected chi connectivity index (χ2v) is 7.66. The van der Waals surface area contributed by atoms with E-state index in [0.29, 0.717) is 32.7 Å². The minimum Gasteiger partial charge on any atom is -0.354 e. The molecule has 0 aromatic rings. The van der Waals surface area contributed by atoms with Gasteiger partial charge in [0.05, 0.1) is 13.2 Å². The first-order valence-electron chi connectivity index (χ1n) is 10.8. The quantitative estimate of drug-likeness (QED) is 0.212. The summed E-state index contributed by atoms with van der Waals surface area (Å²) in [6.07, 6.45) is 17.9. The monoisotopic (exact) mass is 390 g/mol. The van der Waals surface area contributed by atoms with Gasteiger partial charge in [-0.3, -0.25) is 4.79 Å². The number of hydrogen-bond donors (Lipinski definition) is 2. The highest BCUT2D eigenvalue weighted by Gasteiger charge is 2.00. The fourth-order valence-electron chi connectivity index (χ4n) is 2.82. The van der Waals surface area contributed by atoms with Crippen LogP contribution in [0.5, 0.6) is 0 Å². The van der Waals surface area contributed by atoms with Gasteiger partial charge in [0.15, 0.2) is 9.03 Å². The minimum absolute atomic E-state index is 0.0106. The average molecular weight is 391 g/mol. The van der Waals surface area contributed by atoms with Crippen LogP contribution in [0, 0.1) is 0 Å². The summed E-state index contributed by atoms with van der Waals surface area (Å²) < 4.78 is 10.4. The Kier molecular flexibility index (Phi) is 22.6. The van der Waals surface area contributed by atoms with Crippen LogP contribution in [0.4, 0.5) is 0 Å². The van der Waals surface area contributed by atoms with Crippen LogP contribution >= 0.6 is 9.03 Å². The molecule has 0 radical (unpaired) electrons. The maximum atomic E-state index is 11.7. The van der Waals surface area contributed by atoms with Gasteiger partial charge < -0.3 is 20.1 Å². The standard InChI is InChI=1S/C20H43N2O3P/c1-2-3-4-5-6-7-8-9-10-11-12-13-14-15-20(23)22-17-19-25-26-24-18-16-21/h26H,2-19,21H2,1H3,(H,22,23). The largest absolute Gasteiger partial charge is 0.354 e. The molecule has 0 fully saturated rings. The molecule has 6 heteroatoms. The maximum absolute atomic E-state index is 11.7. The Labute approximate surface area is 163 Å². The number of amides is 1. The van der Waals surface area contributed by atoms with Crippen molar-refractivity contribution in [2.75, 3.05) is 26.3 Å². The predicted molar refractivity (Wildman–Crippen MR) is 113 cm³/mol. The summed E-state index contributed by atoms with van der Waals surface area (Å²) >= 11 is 0. The number of hydrogen-bond acceptors (Lipinski definition) is 4. The van der Waals surface area contributed by atoms with Crippen molar-refractivity contribution >= 4 is 14.9 Å². The summed E-state index contributed by atoms with van der Waals surface area (Å²) in [6, 6.07) is 0. The number of rotatable bonds is 21. The highest BCUT2D eigenvalue weighted by Crippen LogP contribution is 2.13. The molecule has 0 bridgehead atoms. The van der Waals surface area contributed by atoms with Crippen molar-refractivity contribution in [3.8, 4) is 0 Å². The van der Waals surface area contributed by atoms with E-state index in [2.05, 4.69) is 12.2 Å². The summed E-state index contributed by atoms with van der Waals surface area (Å²) in [5.41, 5.74) is 5.30. The normalized spacial score (nSPS) is 11.5. The van der Waals surface area contributed by atoms with Crippen LogP contribution < -0.4 is 11.1 Å². The third-order valence-electron chi connectivity index (χ3n) is 4.37. The molecule has 0 spiro atoms. The van der Waals surface area contributed by atoms with Crippen LogP contribution in [0.2, 0.25) is 0 Å². The van der Waals surface area contributed by atoms with E-state index >= 15 is 0 Å². The molecule has 0 aliphatic heterocycles. The van der Waals surface area contributed by atoms with E-state index in [1.165, 1.54) is 70.6 Å². The van der Waals surface area contributed by atoms with Gasteiger partial charge in [0.2, 0.25) is 5.91 Å². The molecule has 0 aromatic heterocycles. The van der Waals surface area contributed by atoms with E-state index in [0.717, 1.165) is 12.8 Å². The Morgan fingerprint density at radius 3 is 1.85 bits per heavy atom. The number of nitrogens with two attached hydrogens (primary N) is 1. The zero-order valence-corrected chi connectivity index (χ0v) is 18.0. The number of carbonyl (C=O) groups excluding carboxylic acids is 1. The molecule has 0 aliphatic carbocycles. The molecule has 1 atom stereocenters. The van der Waals surface area contributed by atoms with E-state index < -0.39 is 0 Å². The van der Waals surface area contributed by atoms with Gasteiger partial charge in [0.25, 0.3) is 0 Å². The van der Waals surface area contributed by atoms with Crippen LogP contribution in [0.15, 0.2) is 0 Å². The lowest BCUT2D eigenvalue weighted by Gasteiger charge is -2.06. The van der Waals surface area contributed by atoms with Crippen molar-refractivity contribution in [3.05, 3.63) is 0 Å². The molecular formula is C20H43N2O3P. The molecular weight excluding hydrogens is 347 g/mol. The molecule has 5 nitrogen and oxygen atoms in total. The third-order valence-corrected chi connectivity index (χ3v) is 5.02. The van der Waals surface area contributed by atoms with Gasteiger partial charge in [-0.25, -0.2) is 0 Å². The van der Waals surface area contributed by atoms with Gasteiger partial charge in [-0.15, -0.1) is 0 Å². The van der Waals surface area contributed by atoms with Crippen molar-refractivity contribution in [2.45, 2.75) is 96.8 Å². The Morgan fingerprint density at radius 1 is 0.808 bits per heavy atom. The van der Waals surface area contributed by atoms with Gasteiger partial charge in [-0.1, -0.05) is 84.0 Å². The number of nitrogens with one attached hydrogen (secondary N) is 1. The van der Waals surface area contributed by atoms with Crippen molar-refractivity contribution in [2.24, 2.45) is 5.73 Å². The highest BCUT2D eigenvalue weighted by atomic mass is 31.1. The van der Waals surface area contributed by atoms with Crippen LogP contribution in [0.3, 0.4) is 0 Å². The second-order valence-electron chi connectivity index (χ2n) is 6.91. The minimum atomic E-state index is 0.0106. The maximum Gasteiger partial charge on any atom is 0.220 e. The first-order chi connectivity index (χ1) is 12.8. The fourth-order valence-corrected chi connectivity index (χ4v) is 3.29. The summed E-state index contributed by atoms with van der Waals surface area (Å²) in [7, 11) is 0.0106. The molecule has 1 unspecified atom stereocenters. The number of unbranched alkanes of at least 4 members (excludes halogenated alkanes) is 12. The lowest BCUT2D eigenvalue weighted by atomic mass is 10.0. The van der Waals surface area contributed by atoms with E-state index in [9.17, 15) is 4.79 Å². The highest BCUT2D eigenvalue weighted by molar-refractivity contribution is 7.26. The lowest BCUT2D eigenvalue weighted by Crippen LogP contribution is -2.26. The first-order valence-corrected chi connectivity index (χ1v) is 11.6. The molecule has 26 heavy (non-hydrogen) atoms. The van der Waals surface area contributed by atoms with Gasteiger partial charge in [-0.2, -0.15) is 0 Å². The van der Waals surface area contributed by atoms with Crippen molar-refractivity contribution < 1.29 is 13.8 Å². The summed E-state index contributed by atoms with van der Waals surface area (Å²) in [5.74, 6) is 0.128. The Balaban J connectivity index is 3.12. The van der Waals surface area contributed by atoms with Crippen molar-refractivity contribution in [3.63, 3.8) is 0 Å². The fraction of sp³-hybridized carbons (Fsp3) is 0.950. The number of carbonyl (C=O) groups is 1. The van der Waals surface area contributed by atoms with Gasteiger partial charge in [0.1, 0.15) is 0 Å². The molecule has 0 aliphatic rings. The van der Waals surface area contributed by atoms with Crippen LogP contribution in [0.1, 0.15) is 96.8 Å². The smallest absolute Gasteiger partial charge is 0.220 e. The molecule has 3 N–H and O–H groups in total. The summed E-state index contributed by atoms with van der Waals surface area (Å²) in [6.45, 7) is 4.34. The van der Waals surface area contributed by atoms with Gasteiger partial charge >= 0.3 is 0 Å². The van der Waals surface area contributed by atoms with E-state index in [1.54, 1.807) is 0 Å². The van der Waals surface area contributed by atoms with Crippen LogP contribution in [-0.4, -0.2) is 32.2 Å². The van der Waals surface area contributed by atoms with Gasteiger partial charge in [-0.05, 0) is 6.42 Å². The van der Waals surface area contributed by atoms with Crippen molar-refractivity contribution in [1.82, 2.24) is 5.32 Å². The molecule has 0 rings (SSSR count). The molecule has 0 aromatic carbocycles. The SMILES string of the molecule is CCCCCCCCCCCCCCCC(=O)NCCOPOCCN. The van der Waals surface area contributed by atoms with Crippen molar-refractivity contribution in [1.29, 1.82) is 0 Å². The zero-order valence-electron chi connectivity index (χ0n) is 17.0. The Morgan fingerprint density at radius 2 is 1.31 bits per heavy atom. The molecule has 0 heterocycles. The molecule has 0 saturated carbocycles.